The van der Waals surface area contributed by atoms with Crippen molar-refractivity contribution in [3.05, 3.63) is 51.5 Å². The number of aryl methyl sites for hydroxylation is 1. The Balaban J connectivity index is 1.38. The highest BCUT2D eigenvalue weighted by atomic mass is 32.1. The van der Waals surface area contributed by atoms with E-state index in [-0.39, 0.29) is 18.2 Å². The van der Waals surface area contributed by atoms with Gasteiger partial charge in [0.15, 0.2) is 6.10 Å². The van der Waals surface area contributed by atoms with E-state index in [0.29, 0.717) is 32.8 Å². The molecule has 0 unspecified atom stereocenters. The van der Waals surface area contributed by atoms with Gasteiger partial charge in [-0.05, 0) is 24.5 Å². The second kappa shape index (κ2) is 7.78. The van der Waals surface area contributed by atoms with E-state index < -0.39 is 6.10 Å². The monoisotopic (exact) mass is 385 g/mol. The minimum Gasteiger partial charge on any atom is -0.365 e. The topological polar surface area (TPSA) is 62.7 Å². The Labute approximate surface area is 162 Å². The van der Waals surface area contributed by atoms with Crippen LogP contribution in [0.1, 0.15) is 21.8 Å². The number of ether oxygens (including phenoxy) is 1. The molecule has 2 amide bonds. The van der Waals surface area contributed by atoms with E-state index in [1.807, 2.05) is 29.3 Å². The highest BCUT2D eigenvalue weighted by molar-refractivity contribution is 7.09. The number of carbonyl (C=O) groups is 2. The van der Waals surface area contributed by atoms with Crippen LogP contribution in [0.15, 0.2) is 29.6 Å². The van der Waals surface area contributed by atoms with Crippen molar-refractivity contribution in [2.75, 3.05) is 26.2 Å². The lowest BCUT2D eigenvalue weighted by atomic mass is 9.99. The molecule has 0 N–H and O–H groups in total. The summed E-state index contributed by atoms with van der Waals surface area (Å²) in [5, 5.41) is 2.87. The van der Waals surface area contributed by atoms with E-state index in [2.05, 4.69) is 17.1 Å². The van der Waals surface area contributed by atoms with Crippen LogP contribution in [0.4, 0.5) is 0 Å². The predicted molar refractivity (Wildman–Crippen MR) is 102 cm³/mol. The van der Waals surface area contributed by atoms with Crippen molar-refractivity contribution >= 4 is 23.2 Å². The quantitative estimate of drug-likeness (QED) is 0.808. The van der Waals surface area contributed by atoms with Crippen molar-refractivity contribution in [3.8, 4) is 0 Å². The van der Waals surface area contributed by atoms with E-state index in [1.165, 1.54) is 11.1 Å². The van der Waals surface area contributed by atoms with Gasteiger partial charge in [-0.15, -0.1) is 11.3 Å². The third-order valence-electron chi connectivity index (χ3n) is 5.14. The zero-order valence-electron chi connectivity index (χ0n) is 15.4. The third kappa shape index (κ3) is 4.04. The predicted octanol–water partition coefficient (Wildman–Crippen LogP) is 1.81. The second-order valence-electron chi connectivity index (χ2n) is 7.01. The van der Waals surface area contributed by atoms with Crippen LogP contribution >= 0.6 is 11.3 Å². The van der Waals surface area contributed by atoms with Crippen LogP contribution in [0.25, 0.3) is 0 Å². The van der Waals surface area contributed by atoms with Gasteiger partial charge in [-0.2, -0.15) is 0 Å². The Morgan fingerprint density at radius 3 is 2.81 bits per heavy atom. The van der Waals surface area contributed by atoms with Crippen molar-refractivity contribution in [2.45, 2.75) is 32.4 Å². The summed E-state index contributed by atoms with van der Waals surface area (Å²) in [5.74, 6) is -0.0168. The number of amides is 2. The molecule has 1 fully saturated rings. The molecule has 3 heterocycles. The molecule has 2 aromatic rings. The van der Waals surface area contributed by atoms with Gasteiger partial charge in [-0.25, -0.2) is 4.98 Å². The summed E-state index contributed by atoms with van der Waals surface area (Å²) in [6.07, 6.45) is 0.563. The summed E-state index contributed by atoms with van der Waals surface area (Å²) in [6, 6.07) is 8.23. The van der Waals surface area contributed by atoms with E-state index >= 15 is 0 Å². The number of fused-ring (bicyclic) bond motifs is 1. The molecule has 2 aliphatic rings. The van der Waals surface area contributed by atoms with Gasteiger partial charge in [0.1, 0.15) is 0 Å². The maximum Gasteiger partial charge on any atom is 0.253 e. The first-order valence-corrected chi connectivity index (χ1v) is 10.1. The average molecular weight is 385 g/mol. The molecule has 1 atom stereocenters. The number of aromatic nitrogens is 1. The fraction of sp³-hybridized carbons (Fsp3) is 0.450. The maximum absolute atomic E-state index is 12.9. The van der Waals surface area contributed by atoms with Crippen LogP contribution in [-0.4, -0.2) is 58.9 Å². The van der Waals surface area contributed by atoms with Gasteiger partial charge in [0.25, 0.3) is 5.91 Å². The molecule has 6 nitrogen and oxygen atoms in total. The Morgan fingerprint density at radius 2 is 2.04 bits per heavy atom. The Morgan fingerprint density at radius 1 is 1.22 bits per heavy atom. The molecular formula is C20H23N3O3S. The summed E-state index contributed by atoms with van der Waals surface area (Å²) < 4.78 is 5.72. The van der Waals surface area contributed by atoms with Crippen molar-refractivity contribution < 1.29 is 14.3 Å². The standard InChI is InChI=1S/C20H23N3O3S/c1-14-21-17(13-27-14)10-19(24)22-8-9-26-18(12-22)20(25)23-7-6-15-4-2-3-5-16(15)11-23/h2-5,13,18H,6-12H2,1H3/t18-/m1/s1. The molecular weight excluding hydrogens is 362 g/mol. The normalized spacial score (nSPS) is 19.7. The molecule has 0 bridgehead atoms. The molecule has 0 spiro atoms. The van der Waals surface area contributed by atoms with Crippen molar-refractivity contribution in [1.29, 1.82) is 0 Å². The van der Waals surface area contributed by atoms with Crippen molar-refractivity contribution in [1.82, 2.24) is 14.8 Å². The fourth-order valence-corrected chi connectivity index (χ4v) is 4.28. The number of carbonyl (C=O) groups excluding carboxylic acids is 2. The minimum absolute atomic E-state index is 0.00499. The zero-order valence-corrected chi connectivity index (χ0v) is 16.2. The van der Waals surface area contributed by atoms with Gasteiger partial charge in [-0.3, -0.25) is 9.59 Å². The Kier molecular flexibility index (Phi) is 5.22. The highest BCUT2D eigenvalue weighted by Crippen LogP contribution is 2.20. The Bertz CT molecular complexity index is 851. The van der Waals surface area contributed by atoms with Crippen LogP contribution in [0.2, 0.25) is 0 Å². The summed E-state index contributed by atoms with van der Waals surface area (Å²) in [6.45, 7) is 4.47. The van der Waals surface area contributed by atoms with Gasteiger partial charge in [-0.1, -0.05) is 24.3 Å². The van der Waals surface area contributed by atoms with Crippen molar-refractivity contribution in [2.24, 2.45) is 0 Å². The molecule has 1 aromatic carbocycles. The van der Waals surface area contributed by atoms with Crippen LogP contribution in [0.5, 0.6) is 0 Å². The number of nitrogens with zero attached hydrogens (tertiary/aromatic N) is 3. The first kappa shape index (κ1) is 18.1. The lowest BCUT2D eigenvalue weighted by Crippen LogP contribution is -2.53. The largest absolute Gasteiger partial charge is 0.365 e. The van der Waals surface area contributed by atoms with Crippen LogP contribution in [0, 0.1) is 6.92 Å². The van der Waals surface area contributed by atoms with Gasteiger partial charge in [0.05, 0.1) is 30.3 Å². The van der Waals surface area contributed by atoms with Gasteiger partial charge in [0, 0.05) is 25.0 Å². The minimum atomic E-state index is -0.579. The summed E-state index contributed by atoms with van der Waals surface area (Å²) in [4.78, 5) is 33.5. The third-order valence-corrected chi connectivity index (χ3v) is 5.96. The molecule has 0 saturated carbocycles. The molecule has 27 heavy (non-hydrogen) atoms. The zero-order chi connectivity index (χ0) is 18.8. The number of thiazole rings is 1. The maximum atomic E-state index is 12.9. The fourth-order valence-electron chi connectivity index (χ4n) is 3.67. The van der Waals surface area contributed by atoms with Gasteiger partial charge < -0.3 is 14.5 Å². The summed E-state index contributed by atoms with van der Waals surface area (Å²) in [5.41, 5.74) is 3.30. The molecule has 4 rings (SSSR count). The van der Waals surface area contributed by atoms with E-state index in [1.54, 1.807) is 16.2 Å². The molecule has 7 heteroatoms. The Hall–Kier alpha value is -2.25. The van der Waals surface area contributed by atoms with Crippen LogP contribution < -0.4 is 0 Å². The lowest BCUT2D eigenvalue weighted by molar-refractivity contribution is -0.154. The number of hydrogen-bond acceptors (Lipinski definition) is 5. The van der Waals surface area contributed by atoms with Gasteiger partial charge >= 0.3 is 0 Å². The smallest absolute Gasteiger partial charge is 0.253 e. The summed E-state index contributed by atoms with van der Waals surface area (Å²) >= 11 is 1.54. The number of morpholine rings is 1. The first-order chi connectivity index (χ1) is 13.1. The van der Waals surface area contributed by atoms with Crippen LogP contribution in [-0.2, 0) is 33.7 Å². The second-order valence-corrected chi connectivity index (χ2v) is 8.07. The average Bonchev–Trinajstić information content (AvgIpc) is 3.11. The van der Waals surface area contributed by atoms with Crippen LogP contribution in [0.3, 0.4) is 0 Å². The van der Waals surface area contributed by atoms with Gasteiger partial charge in [0.2, 0.25) is 5.91 Å². The van der Waals surface area contributed by atoms with E-state index in [4.69, 9.17) is 4.74 Å². The molecule has 142 valence electrons. The first-order valence-electron chi connectivity index (χ1n) is 9.26. The highest BCUT2D eigenvalue weighted by Gasteiger charge is 2.33. The number of hydrogen-bond donors (Lipinski definition) is 0. The van der Waals surface area contributed by atoms with Crippen molar-refractivity contribution in [3.63, 3.8) is 0 Å². The molecule has 1 aromatic heterocycles. The van der Waals surface area contributed by atoms with E-state index in [9.17, 15) is 9.59 Å². The molecule has 0 radical (unpaired) electrons. The molecule has 0 aliphatic carbocycles. The SMILES string of the molecule is Cc1nc(CC(=O)N2CCO[C@@H](C(=O)N3CCc4ccccc4C3)C2)cs1. The summed E-state index contributed by atoms with van der Waals surface area (Å²) in [7, 11) is 0. The number of benzene rings is 1. The van der Waals surface area contributed by atoms with E-state index in [0.717, 1.165) is 17.1 Å². The number of rotatable bonds is 3. The molecule has 1 saturated heterocycles. The molecule has 2 aliphatic heterocycles. The lowest BCUT2D eigenvalue weighted by Gasteiger charge is -2.36.